The Balaban J connectivity index is 2.25. The first-order valence-corrected chi connectivity index (χ1v) is 7.06. The van der Waals surface area contributed by atoms with Crippen LogP contribution in [0.15, 0.2) is 41.2 Å². The van der Waals surface area contributed by atoms with E-state index in [0.29, 0.717) is 22.6 Å². The highest BCUT2D eigenvalue weighted by molar-refractivity contribution is 5.71. The molecule has 0 saturated carbocycles. The van der Waals surface area contributed by atoms with Crippen molar-refractivity contribution >= 4 is 6.09 Å². The molecule has 3 rings (SSSR count). The van der Waals surface area contributed by atoms with Crippen molar-refractivity contribution in [2.75, 3.05) is 0 Å². The average Bonchev–Trinajstić information content (AvgIpc) is 2.99. The van der Waals surface area contributed by atoms with E-state index in [1.807, 2.05) is 37.3 Å². The molecule has 0 radical (unpaired) electrons. The zero-order chi connectivity index (χ0) is 16.7. The van der Waals surface area contributed by atoms with Gasteiger partial charge in [-0.25, -0.2) is 9.48 Å². The fraction of sp³-hybridized carbons (Fsp3) is 0.188. The summed E-state index contributed by atoms with van der Waals surface area (Å²) in [5.74, 6) is 0. The van der Waals surface area contributed by atoms with E-state index in [9.17, 15) is 9.59 Å². The molecule has 3 aromatic rings. The molecule has 23 heavy (non-hydrogen) atoms. The first-order valence-electron chi connectivity index (χ1n) is 7.06. The third kappa shape index (κ3) is 2.26. The molecule has 7 nitrogen and oxygen atoms in total. The maximum absolute atomic E-state index is 12.8. The zero-order valence-electron chi connectivity index (χ0n) is 13.0. The van der Waals surface area contributed by atoms with Gasteiger partial charge in [-0.15, -0.1) is 0 Å². The Labute approximate surface area is 132 Å². The molecule has 0 atom stereocenters. The molecule has 1 aromatic carbocycles. The summed E-state index contributed by atoms with van der Waals surface area (Å²) in [7, 11) is 1.79. The van der Waals surface area contributed by atoms with Crippen molar-refractivity contribution in [3.63, 3.8) is 0 Å². The minimum absolute atomic E-state index is 0.230. The number of rotatable bonds is 2. The van der Waals surface area contributed by atoms with Gasteiger partial charge in [-0.05, 0) is 32.0 Å². The van der Waals surface area contributed by atoms with Crippen molar-refractivity contribution < 1.29 is 9.90 Å². The van der Waals surface area contributed by atoms with Crippen molar-refractivity contribution in [1.29, 1.82) is 0 Å². The normalized spacial score (nSPS) is 10.9. The molecular weight excluding hydrogens is 296 g/mol. The number of benzene rings is 1. The highest BCUT2D eigenvalue weighted by atomic mass is 16.4. The molecule has 0 aliphatic heterocycles. The molecule has 0 bridgehead atoms. The molecule has 1 N–H and O–H groups in total. The van der Waals surface area contributed by atoms with Gasteiger partial charge in [0.25, 0.3) is 5.56 Å². The minimum atomic E-state index is -1.18. The van der Waals surface area contributed by atoms with Gasteiger partial charge < -0.3 is 5.11 Å². The van der Waals surface area contributed by atoms with Crippen LogP contribution in [0.3, 0.4) is 0 Å². The van der Waals surface area contributed by atoms with E-state index in [4.69, 9.17) is 5.11 Å². The summed E-state index contributed by atoms with van der Waals surface area (Å²) in [4.78, 5) is 24.0. The van der Waals surface area contributed by atoms with Gasteiger partial charge in [-0.2, -0.15) is 9.78 Å². The number of carboxylic acid groups (broad SMARTS) is 1. The summed E-state index contributed by atoms with van der Waals surface area (Å²) < 4.78 is 4.15. The SMILES string of the molecule is Cc1cc(-c2c(C)n(C)n(-c3ccccc3)c2=O)nn1C(=O)O. The third-order valence-electron chi connectivity index (χ3n) is 3.88. The Morgan fingerprint density at radius 1 is 1.17 bits per heavy atom. The topological polar surface area (TPSA) is 82.0 Å². The van der Waals surface area contributed by atoms with E-state index in [-0.39, 0.29) is 5.56 Å². The van der Waals surface area contributed by atoms with Crippen LogP contribution in [-0.2, 0) is 7.05 Å². The molecular formula is C16H16N4O3. The number of nitrogens with zero attached hydrogens (tertiary/aromatic N) is 4. The Morgan fingerprint density at radius 2 is 1.83 bits per heavy atom. The second-order valence-corrected chi connectivity index (χ2v) is 5.30. The first kappa shape index (κ1) is 14.8. The van der Waals surface area contributed by atoms with Crippen molar-refractivity contribution in [3.05, 3.63) is 58.1 Å². The monoisotopic (exact) mass is 312 g/mol. The van der Waals surface area contributed by atoms with E-state index in [2.05, 4.69) is 5.10 Å². The fourth-order valence-electron chi connectivity index (χ4n) is 2.65. The summed E-state index contributed by atoms with van der Waals surface area (Å²) in [5.41, 5.74) is 2.45. The van der Waals surface area contributed by atoms with Gasteiger partial charge >= 0.3 is 6.09 Å². The van der Waals surface area contributed by atoms with E-state index in [1.165, 1.54) is 0 Å². The van der Waals surface area contributed by atoms with Gasteiger partial charge in [-0.1, -0.05) is 18.2 Å². The van der Waals surface area contributed by atoms with E-state index >= 15 is 0 Å². The van der Waals surface area contributed by atoms with Crippen molar-refractivity contribution in [2.24, 2.45) is 7.05 Å². The molecule has 0 fully saturated rings. The molecule has 0 aliphatic carbocycles. The molecule has 118 valence electrons. The number of aryl methyl sites for hydroxylation is 1. The van der Waals surface area contributed by atoms with Crippen LogP contribution in [0.1, 0.15) is 11.4 Å². The van der Waals surface area contributed by atoms with Gasteiger partial charge in [-0.3, -0.25) is 9.48 Å². The summed E-state index contributed by atoms with van der Waals surface area (Å²) in [5, 5.41) is 13.2. The van der Waals surface area contributed by atoms with Crippen LogP contribution < -0.4 is 5.56 Å². The summed E-state index contributed by atoms with van der Waals surface area (Å²) in [6.07, 6.45) is -1.18. The Bertz CT molecular complexity index is 948. The van der Waals surface area contributed by atoms with Crippen molar-refractivity contribution in [3.8, 4) is 16.9 Å². The maximum Gasteiger partial charge on any atom is 0.432 e. The number of hydrogen-bond donors (Lipinski definition) is 1. The Hall–Kier alpha value is -3.09. The van der Waals surface area contributed by atoms with E-state index in [0.717, 1.165) is 10.4 Å². The van der Waals surface area contributed by atoms with Gasteiger partial charge in [0.05, 0.1) is 11.3 Å². The predicted octanol–water partition coefficient (Wildman–Crippen LogP) is 2.18. The molecule has 7 heteroatoms. The second-order valence-electron chi connectivity index (χ2n) is 5.30. The van der Waals surface area contributed by atoms with Crippen LogP contribution in [0.25, 0.3) is 16.9 Å². The summed E-state index contributed by atoms with van der Waals surface area (Å²) in [6.45, 7) is 3.45. The molecule has 2 heterocycles. The first-order chi connectivity index (χ1) is 10.9. The molecule has 0 saturated heterocycles. The third-order valence-corrected chi connectivity index (χ3v) is 3.88. The molecule has 0 spiro atoms. The Kier molecular flexibility index (Phi) is 3.40. The molecule has 0 amide bonds. The van der Waals surface area contributed by atoms with Gasteiger partial charge in [0, 0.05) is 18.4 Å². The maximum atomic E-state index is 12.8. The largest absolute Gasteiger partial charge is 0.463 e. The zero-order valence-corrected chi connectivity index (χ0v) is 13.0. The van der Waals surface area contributed by atoms with Crippen molar-refractivity contribution in [2.45, 2.75) is 13.8 Å². The van der Waals surface area contributed by atoms with Crippen LogP contribution in [0.5, 0.6) is 0 Å². The van der Waals surface area contributed by atoms with Crippen LogP contribution in [-0.4, -0.2) is 30.3 Å². The molecule has 0 unspecified atom stereocenters. The smallest absolute Gasteiger partial charge is 0.432 e. The fourth-order valence-corrected chi connectivity index (χ4v) is 2.65. The van der Waals surface area contributed by atoms with E-state index in [1.54, 1.807) is 29.4 Å². The second kappa shape index (κ2) is 5.28. The van der Waals surface area contributed by atoms with Crippen LogP contribution >= 0.6 is 0 Å². The predicted molar refractivity (Wildman–Crippen MR) is 85.1 cm³/mol. The lowest BCUT2D eigenvalue weighted by atomic mass is 10.2. The minimum Gasteiger partial charge on any atom is -0.463 e. The number of hydrogen-bond acceptors (Lipinski definition) is 3. The highest BCUT2D eigenvalue weighted by Gasteiger charge is 2.21. The van der Waals surface area contributed by atoms with Crippen LogP contribution in [0.2, 0.25) is 0 Å². The van der Waals surface area contributed by atoms with Gasteiger partial charge in [0.15, 0.2) is 0 Å². The van der Waals surface area contributed by atoms with Crippen LogP contribution in [0, 0.1) is 13.8 Å². The number of para-hydroxylation sites is 1. The average molecular weight is 312 g/mol. The lowest BCUT2D eigenvalue weighted by Gasteiger charge is -2.07. The molecule has 2 aromatic heterocycles. The Morgan fingerprint density at radius 3 is 2.39 bits per heavy atom. The number of aromatic nitrogens is 4. The standard InChI is InChI=1S/C16H16N4O3/c1-10-9-13(17-19(10)16(22)23)14-11(2)18(3)20(15(14)21)12-7-5-4-6-8-12/h4-9H,1-3H3,(H,22,23). The lowest BCUT2D eigenvalue weighted by molar-refractivity contribution is 0.192. The van der Waals surface area contributed by atoms with Gasteiger partial charge in [0.1, 0.15) is 5.69 Å². The quantitative estimate of drug-likeness (QED) is 0.786. The number of carbonyl (C=O) groups is 1. The van der Waals surface area contributed by atoms with E-state index < -0.39 is 6.09 Å². The van der Waals surface area contributed by atoms with Gasteiger partial charge in [0.2, 0.25) is 0 Å². The highest BCUT2D eigenvalue weighted by Crippen LogP contribution is 2.21. The lowest BCUT2D eigenvalue weighted by Crippen LogP contribution is -2.20. The summed E-state index contributed by atoms with van der Waals surface area (Å²) >= 11 is 0. The molecule has 0 aliphatic rings. The van der Waals surface area contributed by atoms with Crippen LogP contribution in [0.4, 0.5) is 4.79 Å². The summed E-state index contributed by atoms with van der Waals surface area (Å²) in [6, 6.07) is 10.9. The van der Waals surface area contributed by atoms with Crippen molar-refractivity contribution in [1.82, 2.24) is 19.1 Å².